The molecule has 1 amide bonds. The second-order valence-electron chi connectivity index (χ2n) is 5.41. The first-order valence-electron chi connectivity index (χ1n) is 7.19. The second kappa shape index (κ2) is 6.55. The minimum atomic E-state index is -0.237. The first-order valence-corrected chi connectivity index (χ1v) is 7.19. The molecule has 0 spiro atoms. The minimum absolute atomic E-state index is 0.170. The third kappa shape index (κ3) is 3.94. The summed E-state index contributed by atoms with van der Waals surface area (Å²) in [6.07, 6.45) is 7.04. The average Bonchev–Trinajstić information content (AvgIpc) is 2.41. The van der Waals surface area contributed by atoms with Crippen LogP contribution >= 0.6 is 0 Å². The number of aromatic amines is 1. The van der Waals surface area contributed by atoms with E-state index in [1.165, 1.54) is 31.7 Å². The van der Waals surface area contributed by atoms with Crippen LogP contribution in [0.5, 0.6) is 0 Å². The molecule has 0 saturated heterocycles. The van der Waals surface area contributed by atoms with Crippen molar-refractivity contribution in [1.82, 2.24) is 10.3 Å². The molecule has 0 unspecified atom stereocenters. The van der Waals surface area contributed by atoms with Crippen molar-refractivity contribution in [2.75, 3.05) is 0 Å². The quantitative estimate of drug-likeness (QED) is 0.875. The van der Waals surface area contributed by atoms with Crippen LogP contribution < -0.4 is 10.9 Å². The van der Waals surface area contributed by atoms with Crippen LogP contribution in [-0.2, 0) is 0 Å². The Morgan fingerprint density at radius 3 is 2.68 bits per heavy atom. The zero-order chi connectivity index (χ0) is 13.7. The largest absolute Gasteiger partial charge is 0.348 e. The zero-order valence-corrected chi connectivity index (χ0v) is 11.4. The maximum absolute atomic E-state index is 12.0. The highest BCUT2D eigenvalue weighted by Crippen LogP contribution is 2.27. The molecule has 0 aromatic carbocycles. The van der Waals surface area contributed by atoms with E-state index in [9.17, 15) is 9.59 Å². The summed E-state index contributed by atoms with van der Waals surface area (Å²) in [7, 11) is 0. The van der Waals surface area contributed by atoms with Gasteiger partial charge in [-0.05, 0) is 37.7 Å². The van der Waals surface area contributed by atoms with Crippen molar-refractivity contribution in [1.29, 1.82) is 0 Å². The molecule has 2 N–H and O–H groups in total. The van der Waals surface area contributed by atoms with Crippen molar-refractivity contribution in [3.63, 3.8) is 0 Å². The van der Waals surface area contributed by atoms with E-state index in [-0.39, 0.29) is 17.5 Å². The molecule has 1 heterocycles. The third-order valence-electron chi connectivity index (χ3n) is 3.89. The highest BCUT2D eigenvalue weighted by atomic mass is 16.2. The maximum Gasteiger partial charge on any atom is 0.268 e. The Kier molecular flexibility index (Phi) is 4.77. The highest BCUT2D eigenvalue weighted by molar-refractivity contribution is 5.92. The monoisotopic (exact) mass is 262 g/mol. The molecule has 104 valence electrons. The van der Waals surface area contributed by atoms with Crippen LogP contribution in [0.15, 0.2) is 23.0 Å². The van der Waals surface area contributed by atoms with Gasteiger partial charge < -0.3 is 10.3 Å². The Hall–Kier alpha value is -1.58. The van der Waals surface area contributed by atoms with Crippen molar-refractivity contribution >= 4 is 5.91 Å². The van der Waals surface area contributed by atoms with Gasteiger partial charge in [-0.2, -0.15) is 0 Å². The number of hydrogen-bond acceptors (Lipinski definition) is 2. The molecule has 0 bridgehead atoms. The first-order chi connectivity index (χ1) is 9.19. The van der Waals surface area contributed by atoms with E-state index < -0.39 is 0 Å². The van der Waals surface area contributed by atoms with Crippen LogP contribution in [0, 0.1) is 5.92 Å². The van der Waals surface area contributed by atoms with E-state index in [0.717, 1.165) is 18.8 Å². The molecule has 2 rings (SSSR count). The Morgan fingerprint density at radius 1 is 1.32 bits per heavy atom. The number of pyridine rings is 1. The summed E-state index contributed by atoms with van der Waals surface area (Å²) >= 11 is 0. The second-order valence-corrected chi connectivity index (χ2v) is 5.41. The van der Waals surface area contributed by atoms with Crippen LogP contribution in [0.4, 0.5) is 0 Å². The van der Waals surface area contributed by atoms with Gasteiger partial charge in [-0.15, -0.1) is 0 Å². The van der Waals surface area contributed by atoms with Crippen molar-refractivity contribution < 1.29 is 4.79 Å². The zero-order valence-electron chi connectivity index (χ0n) is 11.4. The van der Waals surface area contributed by atoms with Crippen molar-refractivity contribution in [2.45, 2.75) is 51.5 Å². The van der Waals surface area contributed by atoms with Gasteiger partial charge in [-0.3, -0.25) is 9.59 Å². The number of rotatable bonds is 4. The van der Waals surface area contributed by atoms with Gasteiger partial charge in [0.05, 0.1) is 0 Å². The fourth-order valence-corrected chi connectivity index (χ4v) is 2.85. The Labute approximate surface area is 113 Å². The van der Waals surface area contributed by atoms with Crippen molar-refractivity contribution in [3.8, 4) is 0 Å². The Bertz CT molecular complexity index is 473. The normalized spacial score (nSPS) is 23.0. The molecule has 1 aliphatic rings. The molecule has 1 aliphatic carbocycles. The van der Waals surface area contributed by atoms with E-state index in [1.54, 1.807) is 12.1 Å². The van der Waals surface area contributed by atoms with Gasteiger partial charge >= 0.3 is 0 Å². The van der Waals surface area contributed by atoms with E-state index in [1.807, 2.05) is 0 Å². The lowest BCUT2D eigenvalue weighted by Gasteiger charge is -2.28. The minimum Gasteiger partial charge on any atom is -0.348 e. The summed E-state index contributed by atoms with van der Waals surface area (Å²) < 4.78 is 0. The molecule has 0 aliphatic heterocycles. The summed E-state index contributed by atoms with van der Waals surface area (Å²) in [5.41, 5.74) is 0.113. The number of carbonyl (C=O) groups excluding carboxylic acids is 1. The van der Waals surface area contributed by atoms with Gasteiger partial charge in [-0.1, -0.05) is 25.8 Å². The lowest BCUT2D eigenvalue weighted by molar-refractivity contribution is 0.0916. The predicted molar refractivity (Wildman–Crippen MR) is 75.2 cm³/mol. The van der Waals surface area contributed by atoms with Crippen LogP contribution in [0.2, 0.25) is 0 Å². The predicted octanol–water partition coefficient (Wildman–Crippen LogP) is 2.46. The highest BCUT2D eigenvalue weighted by Gasteiger charge is 2.22. The SMILES string of the molecule is CCCC1CCC(NC(=O)c2cccc(=O)[nH]2)CC1. The summed E-state index contributed by atoms with van der Waals surface area (Å²) in [4.78, 5) is 25.7. The van der Waals surface area contributed by atoms with E-state index in [2.05, 4.69) is 17.2 Å². The van der Waals surface area contributed by atoms with E-state index in [4.69, 9.17) is 0 Å². The fraction of sp³-hybridized carbons (Fsp3) is 0.600. The lowest BCUT2D eigenvalue weighted by Crippen LogP contribution is -2.38. The van der Waals surface area contributed by atoms with Crippen molar-refractivity contribution in [2.24, 2.45) is 5.92 Å². The number of amides is 1. The molecule has 1 aromatic heterocycles. The van der Waals surface area contributed by atoms with Gasteiger partial charge in [0, 0.05) is 12.1 Å². The fourth-order valence-electron chi connectivity index (χ4n) is 2.85. The molecular weight excluding hydrogens is 240 g/mol. The summed E-state index contributed by atoms with van der Waals surface area (Å²) in [6, 6.07) is 4.90. The van der Waals surface area contributed by atoms with Crippen LogP contribution in [0.3, 0.4) is 0 Å². The van der Waals surface area contributed by atoms with Crippen LogP contribution in [0.25, 0.3) is 0 Å². The van der Waals surface area contributed by atoms with Gasteiger partial charge in [0.25, 0.3) is 5.91 Å². The Morgan fingerprint density at radius 2 is 2.05 bits per heavy atom. The lowest BCUT2D eigenvalue weighted by atomic mass is 9.83. The standard InChI is InChI=1S/C15H22N2O2/c1-2-4-11-7-9-12(10-8-11)16-15(19)13-5-3-6-14(18)17-13/h3,5-6,11-12H,2,4,7-10H2,1H3,(H,16,19)(H,17,18). The number of H-pyrrole nitrogens is 1. The average molecular weight is 262 g/mol. The molecule has 1 fully saturated rings. The molecule has 1 saturated carbocycles. The molecule has 1 aromatic rings. The molecule has 0 atom stereocenters. The summed E-state index contributed by atoms with van der Waals surface area (Å²) in [5, 5.41) is 3.02. The smallest absolute Gasteiger partial charge is 0.268 e. The van der Waals surface area contributed by atoms with Gasteiger partial charge in [0.2, 0.25) is 5.56 Å². The van der Waals surface area contributed by atoms with E-state index in [0.29, 0.717) is 5.69 Å². The topological polar surface area (TPSA) is 62.0 Å². The number of carbonyl (C=O) groups is 1. The number of aromatic nitrogens is 1. The first kappa shape index (κ1) is 13.8. The van der Waals surface area contributed by atoms with Crippen molar-refractivity contribution in [3.05, 3.63) is 34.2 Å². The van der Waals surface area contributed by atoms with Crippen LogP contribution in [-0.4, -0.2) is 16.9 Å². The van der Waals surface area contributed by atoms with Gasteiger partial charge in [-0.25, -0.2) is 0 Å². The van der Waals surface area contributed by atoms with E-state index >= 15 is 0 Å². The maximum atomic E-state index is 12.0. The van der Waals surface area contributed by atoms with Gasteiger partial charge in [0.1, 0.15) is 5.69 Å². The van der Waals surface area contributed by atoms with Crippen LogP contribution in [0.1, 0.15) is 55.9 Å². The Balaban J connectivity index is 1.85. The third-order valence-corrected chi connectivity index (χ3v) is 3.89. The summed E-state index contributed by atoms with van der Waals surface area (Å²) in [5.74, 6) is 0.659. The molecule has 4 nitrogen and oxygen atoms in total. The number of nitrogens with one attached hydrogen (secondary N) is 2. The number of hydrogen-bond donors (Lipinski definition) is 2. The van der Waals surface area contributed by atoms with Gasteiger partial charge in [0.15, 0.2) is 0 Å². The molecule has 4 heteroatoms. The molecular formula is C15H22N2O2. The summed E-state index contributed by atoms with van der Waals surface area (Å²) in [6.45, 7) is 2.22. The molecule has 0 radical (unpaired) electrons. The molecule has 19 heavy (non-hydrogen) atoms.